The van der Waals surface area contributed by atoms with E-state index in [0.717, 1.165) is 24.2 Å². The lowest BCUT2D eigenvalue weighted by atomic mass is 9.81. The molecule has 1 aromatic carbocycles. The third-order valence-corrected chi connectivity index (χ3v) is 5.47. The molecule has 1 N–H and O–H groups in total. The van der Waals surface area contributed by atoms with E-state index >= 15 is 0 Å². The largest absolute Gasteiger partial charge is 0.586 e. The topological polar surface area (TPSA) is 88.2 Å². The van der Waals surface area contributed by atoms with Gasteiger partial charge < -0.3 is 19.7 Å². The number of alkyl halides is 2. The summed E-state index contributed by atoms with van der Waals surface area (Å²) in [4.78, 5) is 40.2. The molecule has 1 spiro atoms. The highest BCUT2D eigenvalue weighted by Gasteiger charge is 2.55. The van der Waals surface area contributed by atoms with E-state index < -0.39 is 30.3 Å². The number of nitrogens with zero attached hydrogens (tertiary/aromatic N) is 2. The molecule has 1 aromatic rings. The fraction of sp³-hybridized carbons (Fsp3) is 0.500. The van der Waals surface area contributed by atoms with Crippen LogP contribution in [0.3, 0.4) is 0 Å². The minimum Gasteiger partial charge on any atom is -0.395 e. The lowest BCUT2D eigenvalue weighted by Gasteiger charge is -2.35. The number of carbonyl (C=O) groups is 3. The van der Waals surface area contributed by atoms with Crippen molar-refractivity contribution in [2.45, 2.75) is 43.9 Å². The van der Waals surface area contributed by atoms with Crippen LogP contribution in [-0.2, 0) is 9.59 Å². The number of hydrogen-bond acceptors (Lipinski definition) is 5. The molecule has 150 valence electrons. The standard InChI is InChI=1S/C18H19F2N3O5/c1-22-16(26)23(15(25)17(22)7-3-2-4-8-17)10-14(24)21-11-5-6-12-13(9-11)28-18(19,20)27-12/h5-6,9H,2-4,7-8,10H2,1H3,(H,21,24). The van der Waals surface area contributed by atoms with E-state index in [2.05, 4.69) is 14.8 Å². The predicted octanol–water partition coefficient (Wildman–Crippen LogP) is 2.54. The van der Waals surface area contributed by atoms with Crippen LogP contribution >= 0.6 is 0 Å². The molecule has 1 aliphatic carbocycles. The highest BCUT2D eigenvalue weighted by molar-refractivity contribution is 6.10. The fourth-order valence-corrected chi connectivity index (χ4v) is 4.04. The number of hydrogen-bond donors (Lipinski definition) is 1. The van der Waals surface area contributed by atoms with Crippen LogP contribution in [0, 0.1) is 0 Å². The van der Waals surface area contributed by atoms with Crippen molar-refractivity contribution < 1.29 is 32.6 Å². The van der Waals surface area contributed by atoms with Crippen molar-refractivity contribution >= 4 is 23.5 Å². The Morgan fingerprint density at radius 1 is 1.14 bits per heavy atom. The predicted molar refractivity (Wildman–Crippen MR) is 92.0 cm³/mol. The summed E-state index contributed by atoms with van der Waals surface area (Å²) in [5, 5.41) is 2.49. The normalized spacial score (nSPS) is 22.1. The van der Waals surface area contributed by atoms with Gasteiger partial charge in [-0.2, -0.15) is 0 Å². The Morgan fingerprint density at radius 2 is 1.82 bits per heavy atom. The second-order valence-electron chi connectivity index (χ2n) is 7.20. The summed E-state index contributed by atoms with van der Waals surface area (Å²) >= 11 is 0. The third-order valence-electron chi connectivity index (χ3n) is 5.47. The molecule has 8 nitrogen and oxygen atoms in total. The van der Waals surface area contributed by atoms with E-state index in [1.54, 1.807) is 7.05 Å². The number of nitrogens with one attached hydrogen (secondary N) is 1. The second-order valence-corrected chi connectivity index (χ2v) is 7.20. The maximum atomic E-state index is 13.1. The van der Waals surface area contributed by atoms with Gasteiger partial charge in [0.2, 0.25) is 5.91 Å². The molecule has 0 unspecified atom stereocenters. The summed E-state index contributed by atoms with van der Waals surface area (Å²) in [6.45, 7) is -0.450. The van der Waals surface area contributed by atoms with Crippen molar-refractivity contribution in [3.8, 4) is 11.5 Å². The van der Waals surface area contributed by atoms with Crippen LogP contribution in [0.15, 0.2) is 18.2 Å². The minimum absolute atomic E-state index is 0.145. The van der Waals surface area contributed by atoms with Gasteiger partial charge in [-0.25, -0.2) is 4.79 Å². The van der Waals surface area contributed by atoms with Gasteiger partial charge in [-0.05, 0) is 25.0 Å². The average molecular weight is 395 g/mol. The van der Waals surface area contributed by atoms with E-state index in [1.807, 2.05) is 0 Å². The van der Waals surface area contributed by atoms with E-state index in [-0.39, 0.29) is 23.1 Å². The zero-order chi connectivity index (χ0) is 20.1. The fourth-order valence-electron chi connectivity index (χ4n) is 4.04. The van der Waals surface area contributed by atoms with Crippen LogP contribution in [-0.4, -0.2) is 53.1 Å². The number of fused-ring (bicyclic) bond motifs is 1. The summed E-state index contributed by atoms with van der Waals surface area (Å²) in [5.74, 6) is -1.33. The molecule has 4 amide bonds. The number of urea groups is 1. The van der Waals surface area contributed by atoms with Crippen molar-refractivity contribution in [1.82, 2.24) is 9.80 Å². The average Bonchev–Trinajstić information content (AvgIpc) is 3.04. The molecule has 0 bridgehead atoms. The van der Waals surface area contributed by atoms with Crippen LogP contribution in [0.2, 0.25) is 0 Å². The van der Waals surface area contributed by atoms with Crippen LogP contribution in [0.4, 0.5) is 19.3 Å². The van der Waals surface area contributed by atoms with Gasteiger partial charge in [-0.1, -0.05) is 19.3 Å². The van der Waals surface area contributed by atoms with Crippen molar-refractivity contribution in [2.24, 2.45) is 0 Å². The summed E-state index contributed by atoms with van der Waals surface area (Å²) in [6.07, 6.45) is 0.139. The first-order valence-electron chi connectivity index (χ1n) is 9.01. The third kappa shape index (κ3) is 2.92. The van der Waals surface area contributed by atoms with Gasteiger partial charge in [0.05, 0.1) is 0 Å². The van der Waals surface area contributed by atoms with E-state index in [1.165, 1.54) is 23.1 Å². The zero-order valence-corrected chi connectivity index (χ0v) is 15.2. The van der Waals surface area contributed by atoms with Crippen LogP contribution < -0.4 is 14.8 Å². The number of likely N-dealkylation sites (N-methyl/N-ethyl adjacent to an activating group) is 1. The number of carbonyl (C=O) groups excluding carboxylic acids is 3. The Hall–Kier alpha value is -2.91. The smallest absolute Gasteiger partial charge is 0.395 e. The number of rotatable bonds is 3. The Kier molecular flexibility index (Phi) is 4.16. The van der Waals surface area contributed by atoms with Gasteiger partial charge in [-0.15, -0.1) is 8.78 Å². The maximum Gasteiger partial charge on any atom is 0.586 e. The molecular formula is C18H19F2N3O5. The lowest BCUT2D eigenvalue weighted by Crippen LogP contribution is -2.49. The maximum absolute atomic E-state index is 13.1. The molecule has 1 saturated carbocycles. The van der Waals surface area contributed by atoms with E-state index in [4.69, 9.17) is 0 Å². The van der Waals surface area contributed by atoms with Crippen LogP contribution in [0.1, 0.15) is 32.1 Å². The number of halogens is 2. The van der Waals surface area contributed by atoms with Crippen LogP contribution in [0.5, 0.6) is 11.5 Å². The highest BCUT2D eigenvalue weighted by Crippen LogP contribution is 2.42. The molecule has 28 heavy (non-hydrogen) atoms. The lowest BCUT2D eigenvalue weighted by molar-refractivity contribution is -0.286. The molecule has 2 fully saturated rings. The molecule has 2 aliphatic heterocycles. The summed E-state index contributed by atoms with van der Waals surface area (Å²) in [6, 6.07) is 3.29. The Labute approximate surface area is 159 Å². The SMILES string of the molecule is CN1C(=O)N(CC(=O)Nc2ccc3c(c2)OC(F)(F)O3)C(=O)C12CCCCC2. The molecule has 0 radical (unpaired) electrons. The molecule has 1 saturated heterocycles. The van der Waals surface area contributed by atoms with Gasteiger partial charge in [0.25, 0.3) is 5.91 Å². The first-order chi connectivity index (χ1) is 13.2. The Morgan fingerprint density at radius 3 is 2.54 bits per heavy atom. The molecule has 0 atom stereocenters. The monoisotopic (exact) mass is 395 g/mol. The molecule has 0 aromatic heterocycles. The zero-order valence-electron chi connectivity index (χ0n) is 15.2. The Bertz CT molecular complexity index is 854. The first kappa shape index (κ1) is 18.5. The molecule has 10 heteroatoms. The van der Waals surface area contributed by atoms with E-state index in [0.29, 0.717) is 12.8 Å². The summed E-state index contributed by atoms with van der Waals surface area (Å²) in [7, 11) is 1.58. The van der Waals surface area contributed by atoms with Gasteiger partial charge in [-0.3, -0.25) is 14.5 Å². The quantitative estimate of drug-likeness (QED) is 0.795. The van der Waals surface area contributed by atoms with Crippen molar-refractivity contribution in [1.29, 1.82) is 0 Å². The number of benzene rings is 1. The summed E-state index contributed by atoms with van der Waals surface area (Å²) < 4.78 is 34.8. The summed E-state index contributed by atoms with van der Waals surface area (Å²) in [5.41, 5.74) is -0.676. The van der Waals surface area contributed by atoms with Crippen molar-refractivity contribution in [2.75, 3.05) is 18.9 Å². The number of ether oxygens (including phenoxy) is 2. The van der Waals surface area contributed by atoms with Gasteiger partial charge in [0.15, 0.2) is 11.5 Å². The van der Waals surface area contributed by atoms with Crippen molar-refractivity contribution in [3.63, 3.8) is 0 Å². The number of anilines is 1. The van der Waals surface area contributed by atoms with Gasteiger partial charge in [0, 0.05) is 18.8 Å². The number of amides is 4. The Balaban J connectivity index is 1.45. The molecule has 4 rings (SSSR count). The second kappa shape index (κ2) is 6.32. The molecule has 3 aliphatic rings. The van der Waals surface area contributed by atoms with E-state index in [9.17, 15) is 23.2 Å². The molecular weight excluding hydrogens is 376 g/mol. The minimum atomic E-state index is -3.75. The molecule has 2 heterocycles. The van der Waals surface area contributed by atoms with Crippen molar-refractivity contribution in [3.05, 3.63) is 18.2 Å². The first-order valence-corrected chi connectivity index (χ1v) is 9.01. The van der Waals surface area contributed by atoms with Gasteiger partial charge in [0.1, 0.15) is 12.1 Å². The number of imide groups is 1. The van der Waals surface area contributed by atoms with Crippen LogP contribution in [0.25, 0.3) is 0 Å². The van der Waals surface area contributed by atoms with Gasteiger partial charge >= 0.3 is 12.3 Å². The highest BCUT2D eigenvalue weighted by atomic mass is 19.3.